The third-order valence-electron chi connectivity index (χ3n) is 3.79. The number of nitrogens with zero attached hydrogens (tertiary/aromatic N) is 2. The van der Waals surface area contributed by atoms with Gasteiger partial charge >= 0.3 is 6.03 Å². The maximum atomic E-state index is 14.2. The summed E-state index contributed by atoms with van der Waals surface area (Å²) in [4.78, 5) is 16.5. The Balaban J connectivity index is 1.87. The van der Waals surface area contributed by atoms with Crippen LogP contribution in [0.15, 0.2) is 54.9 Å². The lowest BCUT2D eigenvalue weighted by Gasteiger charge is -2.20. The van der Waals surface area contributed by atoms with Crippen LogP contribution in [0, 0.1) is 17.5 Å². The summed E-state index contributed by atoms with van der Waals surface area (Å²) in [6, 6.07) is 7.04. The number of rotatable bonds is 4. The second kappa shape index (κ2) is 7.30. The summed E-state index contributed by atoms with van der Waals surface area (Å²) >= 11 is 0. The van der Waals surface area contributed by atoms with Gasteiger partial charge in [-0.2, -0.15) is 0 Å². The van der Waals surface area contributed by atoms with Crippen LogP contribution in [0.25, 0.3) is 0 Å². The first kappa shape index (κ1) is 17.5. The molecule has 0 fully saturated rings. The van der Waals surface area contributed by atoms with Crippen LogP contribution in [0.2, 0.25) is 0 Å². The fourth-order valence-electron chi connectivity index (χ4n) is 2.53. The standard InChI is InChI=1S/C18H15F3N4O/c1-25-9-8-22-17(25)16(12-4-2-3-5-13(12)20)24-18(26)23-15-7-6-11(19)10-14(15)21/h2-10,16H,1H3,(H2,23,24,26)/t16-/m0/s1. The van der Waals surface area contributed by atoms with Crippen molar-refractivity contribution >= 4 is 11.7 Å². The molecule has 0 saturated heterocycles. The minimum absolute atomic E-state index is 0.198. The molecule has 2 N–H and O–H groups in total. The van der Waals surface area contributed by atoms with Crippen molar-refractivity contribution in [1.82, 2.24) is 14.9 Å². The molecule has 0 unspecified atom stereocenters. The van der Waals surface area contributed by atoms with Gasteiger partial charge in [-0.15, -0.1) is 0 Å². The Kier molecular flexibility index (Phi) is 4.92. The summed E-state index contributed by atoms with van der Waals surface area (Å²) in [5.74, 6) is -1.80. The molecule has 134 valence electrons. The normalized spacial score (nSPS) is 11.8. The summed E-state index contributed by atoms with van der Waals surface area (Å²) in [6.45, 7) is 0. The molecule has 0 spiro atoms. The van der Waals surface area contributed by atoms with Gasteiger partial charge in [-0.25, -0.2) is 22.9 Å². The van der Waals surface area contributed by atoms with Gasteiger partial charge in [-0.1, -0.05) is 18.2 Å². The maximum absolute atomic E-state index is 14.2. The molecule has 3 aromatic rings. The van der Waals surface area contributed by atoms with Crippen molar-refractivity contribution in [3.63, 3.8) is 0 Å². The molecular weight excluding hydrogens is 345 g/mol. The highest BCUT2D eigenvalue weighted by molar-refractivity contribution is 5.89. The van der Waals surface area contributed by atoms with Crippen LogP contribution in [0.4, 0.5) is 23.7 Å². The van der Waals surface area contributed by atoms with Crippen molar-refractivity contribution in [2.75, 3.05) is 5.32 Å². The monoisotopic (exact) mass is 360 g/mol. The maximum Gasteiger partial charge on any atom is 0.320 e. The Morgan fingerprint density at radius 2 is 1.88 bits per heavy atom. The second-order valence-electron chi connectivity index (χ2n) is 5.57. The number of urea groups is 1. The number of carbonyl (C=O) groups is 1. The number of hydrogen-bond donors (Lipinski definition) is 2. The van der Waals surface area contributed by atoms with E-state index in [2.05, 4.69) is 15.6 Å². The van der Waals surface area contributed by atoms with Gasteiger partial charge in [0.05, 0.1) is 5.69 Å². The van der Waals surface area contributed by atoms with Gasteiger partial charge in [0.25, 0.3) is 0 Å². The number of aryl methyl sites for hydroxylation is 1. The van der Waals surface area contributed by atoms with E-state index in [0.717, 1.165) is 12.1 Å². The number of hydrogen-bond acceptors (Lipinski definition) is 2. The van der Waals surface area contributed by atoms with Gasteiger partial charge in [0, 0.05) is 31.1 Å². The first-order valence-corrected chi connectivity index (χ1v) is 7.70. The molecule has 0 saturated carbocycles. The van der Waals surface area contributed by atoms with Crippen molar-refractivity contribution in [2.45, 2.75) is 6.04 Å². The molecule has 1 aromatic heterocycles. The highest BCUT2D eigenvalue weighted by atomic mass is 19.1. The zero-order valence-corrected chi connectivity index (χ0v) is 13.7. The molecule has 0 aliphatic rings. The van der Waals surface area contributed by atoms with Gasteiger partial charge in [-0.05, 0) is 18.2 Å². The Morgan fingerprint density at radius 1 is 1.12 bits per heavy atom. The molecule has 3 rings (SSSR count). The van der Waals surface area contributed by atoms with Crippen LogP contribution in [0.3, 0.4) is 0 Å². The van der Waals surface area contributed by atoms with Crippen molar-refractivity contribution < 1.29 is 18.0 Å². The average molecular weight is 360 g/mol. The Morgan fingerprint density at radius 3 is 2.54 bits per heavy atom. The van der Waals surface area contributed by atoms with Crippen molar-refractivity contribution in [2.24, 2.45) is 7.05 Å². The molecule has 0 bridgehead atoms. The Bertz CT molecular complexity index is 942. The lowest BCUT2D eigenvalue weighted by atomic mass is 10.1. The number of carbonyl (C=O) groups excluding carboxylic acids is 1. The number of imidazole rings is 1. The van der Waals surface area contributed by atoms with E-state index in [1.165, 1.54) is 24.4 Å². The molecule has 5 nitrogen and oxygen atoms in total. The van der Waals surface area contributed by atoms with E-state index in [1.807, 2.05) is 0 Å². The Hall–Kier alpha value is -3.29. The fraction of sp³-hybridized carbons (Fsp3) is 0.111. The molecule has 0 aliphatic heterocycles. The minimum Gasteiger partial charge on any atom is -0.336 e. The molecule has 26 heavy (non-hydrogen) atoms. The van der Waals surface area contributed by atoms with Gasteiger partial charge < -0.3 is 15.2 Å². The van der Waals surface area contributed by atoms with E-state index in [9.17, 15) is 18.0 Å². The zero-order chi connectivity index (χ0) is 18.7. The van der Waals surface area contributed by atoms with Crippen molar-refractivity contribution in [3.8, 4) is 0 Å². The number of anilines is 1. The summed E-state index contributed by atoms with van der Waals surface area (Å²) in [6.07, 6.45) is 3.17. The minimum atomic E-state index is -0.917. The summed E-state index contributed by atoms with van der Waals surface area (Å²) in [5, 5.41) is 4.86. The van der Waals surface area contributed by atoms with E-state index in [-0.39, 0.29) is 11.3 Å². The van der Waals surface area contributed by atoms with E-state index in [4.69, 9.17) is 0 Å². The van der Waals surface area contributed by atoms with E-state index < -0.39 is 29.5 Å². The highest BCUT2D eigenvalue weighted by Gasteiger charge is 2.23. The first-order valence-electron chi connectivity index (χ1n) is 7.70. The van der Waals surface area contributed by atoms with Crippen LogP contribution in [-0.4, -0.2) is 15.6 Å². The predicted molar refractivity (Wildman–Crippen MR) is 90.0 cm³/mol. The average Bonchev–Trinajstić information content (AvgIpc) is 3.02. The Labute approximate surface area is 147 Å². The van der Waals surface area contributed by atoms with Crippen LogP contribution >= 0.6 is 0 Å². The summed E-state index contributed by atoms with van der Waals surface area (Å²) in [5.41, 5.74) is 0.00699. The molecule has 1 atom stereocenters. The largest absolute Gasteiger partial charge is 0.336 e. The van der Waals surface area contributed by atoms with E-state index >= 15 is 0 Å². The molecule has 2 aromatic carbocycles. The third-order valence-corrected chi connectivity index (χ3v) is 3.79. The van der Waals surface area contributed by atoms with Crippen LogP contribution in [-0.2, 0) is 7.05 Å². The number of halogens is 3. The number of nitrogens with one attached hydrogen (secondary N) is 2. The van der Waals surface area contributed by atoms with E-state index in [0.29, 0.717) is 11.9 Å². The third kappa shape index (κ3) is 3.69. The molecule has 8 heteroatoms. The first-order chi connectivity index (χ1) is 12.5. The van der Waals surface area contributed by atoms with Crippen LogP contribution < -0.4 is 10.6 Å². The highest BCUT2D eigenvalue weighted by Crippen LogP contribution is 2.23. The zero-order valence-electron chi connectivity index (χ0n) is 13.7. The van der Waals surface area contributed by atoms with E-state index in [1.54, 1.807) is 23.9 Å². The molecular formula is C18H15F3N4O. The number of aromatic nitrogens is 2. The number of amides is 2. The molecule has 0 radical (unpaired) electrons. The second-order valence-corrected chi connectivity index (χ2v) is 5.57. The lowest BCUT2D eigenvalue weighted by molar-refractivity contribution is 0.249. The lowest BCUT2D eigenvalue weighted by Crippen LogP contribution is -2.35. The molecule has 0 aliphatic carbocycles. The predicted octanol–water partition coefficient (Wildman–Crippen LogP) is 3.75. The molecule has 2 amide bonds. The molecule has 1 heterocycles. The van der Waals surface area contributed by atoms with Gasteiger partial charge in [0.2, 0.25) is 0 Å². The van der Waals surface area contributed by atoms with Crippen LogP contribution in [0.1, 0.15) is 17.4 Å². The summed E-state index contributed by atoms with van der Waals surface area (Å²) < 4.78 is 42.6. The fourth-order valence-corrected chi connectivity index (χ4v) is 2.53. The van der Waals surface area contributed by atoms with Gasteiger partial charge in [0.1, 0.15) is 29.3 Å². The van der Waals surface area contributed by atoms with Gasteiger partial charge in [0.15, 0.2) is 0 Å². The summed E-state index contributed by atoms with van der Waals surface area (Å²) in [7, 11) is 1.70. The quantitative estimate of drug-likeness (QED) is 0.745. The number of benzene rings is 2. The van der Waals surface area contributed by atoms with Crippen molar-refractivity contribution in [1.29, 1.82) is 0 Å². The van der Waals surface area contributed by atoms with Gasteiger partial charge in [-0.3, -0.25) is 0 Å². The smallest absolute Gasteiger partial charge is 0.320 e. The SMILES string of the molecule is Cn1ccnc1[C@@H](NC(=O)Nc1ccc(F)cc1F)c1ccccc1F. The van der Waals surface area contributed by atoms with Crippen molar-refractivity contribution in [3.05, 3.63) is 83.7 Å². The van der Waals surface area contributed by atoms with Crippen LogP contribution in [0.5, 0.6) is 0 Å². The topological polar surface area (TPSA) is 59.0 Å².